The molecular formula is C20H35IN4O. The van der Waals surface area contributed by atoms with Crippen molar-refractivity contribution in [3.63, 3.8) is 0 Å². The first kappa shape index (κ1) is 23.0. The molecule has 0 aromatic heterocycles. The second-order valence-electron chi connectivity index (χ2n) is 6.89. The topological polar surface area (TPSA) is 48.9 Å². The summed E-state index contributed by atoms with van der Waals surface area (Å²) in [6.07, 6.45) is 5.22. The molecule has 2 N–H and O–H groups in total. The molecule has 5 nitrogen and oxygen atoms in total. The first-order valence-electron chi connectivity index (χ1n) is 9.46. The van der Waals surface area contributed by atoms with Gasteiger partial charge in [-0.3, -0.25) is 4.99 Å². The Kier molecular flexibility index (Phi) is 11.0. The fraction of sp³-hybridized carbons (Fsp3) is 0.650. The van der Waals surface area contributed by atoms with Gasteiger partial charge in [0.05, 0.1) is 7.11 Å². The van der Waals surface area contributed by atoms with Gasteiger partial charge in [-0.05, 0) is 56.8 Å². The van der Waals surface area contributed by atoms with Gasteiger partial charge in [-0.25, -0.2) is 0 Å². The van der Waals surface area contributed by atoms with Crippen molar-refractivity contribution in [1.29, 1.82) is 0 Å². The molecule has 1 fully saturated rings. The molecule has 1 aliphatic rings. The van der Waals surface area contributed by atoms with E-state index in [1.165, 1.54) is 37.9 Å². The van der Waals surface area contributed by atoms with Crippen molar-refractivity contribution < 1.29 is 4.74 Å². The van der Waals surface area contributed by atoms with Crippen molar-refractivity contribution in [2.45, 2.75) is 52.1 Å². The molecule has 0 spiro atoms. The Morgan fingerprint density at radius 1 is 1.31 bits per heavy atom. The minimum atomic E-state index is 0. The van der Waals surface area contributed by atoms with E-state index in [0.29, 0.717) is 0 Å². The van der Waals surface area contributed by atoms with Gasteiger partial charge in [0, 0.05) is 32.7 Å². The third-order valence-electron chi connectivity index (χ3n) is 5.01. The van der Waals surface area contributed by atoms with Crippen LogP contribution in [0.15, 0.2) is 23.2 Å². The second-order valence-corrected chi connectivity index (χ2v) is 6.89. The van der Waals surface area contributed by atoms with Crippen LogP contribution in [-0.2, 0) is 6.54 Å². The maximum absolute atomic E-state index is 5.39. The number of aliphatic imine (C=N–C) groups is 1. The van der Waals surface area contributed by atoms with Crippen LogP contribution in [0.1, 0.15) is 43.7 Å². The summed E-state index contributed by atoms with van der Waals surface area (Å²) < 4.78 is 5.39. The summed E-state index contributed by atoms with van der Waals surface area (Å²) in [6.45, 7) is 8.51. The van der Waals surface area contributed by atoms with Crippen LogP contribution >= 0.6 is 24.0 Å². The summed E-state index contributed by atoms with van der Waals surface area (Å²) in [5.74, 6) is 1.78. The number of hydrogen-bond acceptors (Lipinski definition) is 3. The number of likely N-dealkylation sites (tertiary alicyclic amines) is 1. The molecule has 0 aliphatic carbocycles. The predicted octanol–water partition coefficient (Wildman–Crippen LogP) is 3.55. The van der Waals surface area contributed by atoms with Gasteiger partial charge in [0.15, 0.2) is 5.96 Å². The number of guanidine groups is 1. The standard InChI is InChI=1S/C20H34N4O.HI/c1-16-9-10-18(14-19(16)25-4)15-23-20(21-3)22-11-7-13-24-12-6-5-8-17(24)2;/h9-10,14,17H,5-8,11-13,15H2,1-4H3,(H2,21,22,23);1H. The maximum atomic E-state index is 5.39. The SMILES string of the molecule is CN=C(NCCCN1CCCCC1C)NCc1ccc(C)c(OC)c1.I. The summed E-state index contributed by atoms with van der Waals surface area (Å²) in [5.41, 5.74) is 2.34. The zero-order valence-corrected chi connectivity index (χ0v) is 19.0. The number of halogens is 1. The van der Waals surface area contributed by atoms with E-state index in [2.05, 4.69) is 52.6 Å². The molecule has 1 aromatic rings. The van der Waals surface area contributed by atoms with Gasteiger partial charge in [-0.2, -0.15) is 0 Å². The van der Waals surface area contributed by atoms with Crippen molar-refractivity contribution in [2.75, 3.05) is 33.8 Å². The molecule has 26 heavy (non-hydrogen) atoms. The normalized spacial score (nSPS) is 18.2. The molecule has 2 rings (SSSR count). The molecule has 1 heterocycles. The first-order valence-corrected chi connectivity index (χ1v) is 9.46. The molecule has 1 unspecified atom stereocenters. The lowest BCUT2D eigenvalue weighted by Crippen LogP contribution is -2.41. The molecule has 0 radical (unpaired) electrons. The van der Waals surface area contributed by atoms with E-state index in [0.717, 1.165) is 42.8 Å². The summed E-state index contributed by atoms with van der Waals surface area (Å²) in [6, 6.07) is 7.03. The van der Waals surface area contributed by atoms with Crippen molar-refractivity contribution in [2.24, 2.45) is 4.99 Å². The van der Waals surface area contributed by atoms with Crippen LogP contribution < -0.4 is 15.4 Å². The zero-order valence-electron chi connectivity index (χ0n) is 16.7. The quantitative estimate of drug-likeness (QED) is 0.275. The molecular weight excluding hydrogens is 439 g/mol. The van der Waals surface area contributed by atoms with Crippen LogP contribution in [0.4, 0.5) is 0 Å². The van der Waals surface area contributed by atoms with Gasteiger partial charge in [0.25, 0.3) is 0 Å². The zero-order chi connectivity index (χ0) is 18.1. The van der Waals surface area contributed by atoms with E-state index in [-0.39, 0.29) is 24.0 Å². The largest absolute Gasteiger partial charge is 0.496 e. The monoisotopic (exact) mass is 474 g/mol. The molecule has 0 saturated carbocycles. The molecule has 1 atom stereocenters. The maximum Gasteiger partial charge on any atom is 0.191 e. The number of nitrogens with zero attached hydrogens (tertiary/aromatic N) is 2. The average Bonchev–Trinajstić information content (AvgIpc) is 2.63. The van der Waals surface area contributed by atoms with Crippen molar-refractivity contribution in [1.82, 2.24) is 15.5 Å². The number of rotatable bonds is 7. The number of methoxy groups -OCH3 is 1. The summed E-state index contributed by atoms with van der Waals surface area (Å²) in [5, 5.41) is 6.79. The van der Waals surface area contributed by atoms with Gasteiger partial charge in [-0.1, -0.05) is 18.6 Å². The smallest absolute Gasteiger partial charge is 0.191 e. The molecule has 0 bridgehead atoms. The van der Waals surface area contributed by atoms with Gasteiger partial charge in [0.2, 0.25) is 0 Å². The third-order valence-corrected chi connectivity index (χ3v) is 5.01. The lowest BCUT2D eigenvalue weighted by Gasteiger charge is -2.33. The Balaban J connectivity index is 0.00000338. The van der Waals surface area contributed by atoms with E-state index in [4.69, 9.17) is 4.74 Å². The summed E-state index contributed by atoms with van der Waals surface area (Å²) >= 11 is 0. The third kappa shape index (κ3) is 7.31. The average molecular weight is 474 g/mol. The van der Waals surface area contributed by atoms with E-state index < -0.39 is 0 Å². The highest BCUT2D eigenvalue weighted by Gasteiger charge is 2.17. The van der Waals surface area contributed by atoms with Crippen LogP contribution in [-0.4, -0.2) is 50.7 Å². The van der Waals surface area contributed by atoms with E-state index in [9.17, 15) is 0 Å². The van der Waals surface area contributed by atoms with Gasteiger partial charge in [-0.15, -0.1) is 24.0 Å². The van der Waals surface area contributed by atoms with E-state index in [1.54, 1.807) is 7.11 Å². The number of hydrogen-bond donors (Lipinski definition) is 2. The highest BCUT2D eigenvalue weighted by Crippen LogP contribution is 2.18. The molecule has 148 valence electrons. The Labute approximate surface area is 176 Å². The second kappa shape index (κ2) is 12.4. The highest BCUT2D eigenvalue weighted by atomic mass is 127. The molecule has 1 saturated heterocycles. The van der Waals surface area contributed by atoms with E-state index in [1.807, 2.05) is 7.05 Å². The van der Waals surface area contributed by atoms with Crippen molar-refractivity contribution in [3.8, 4) is 5.75 Å². The summed E-state index contributed by atoms with van der Waals surface area (Å²) in [4.78, 5) is 6.92. The lowest BCUT2D eigenvalue weighted by atomic mass is 10.0. The van der Waals surface area contributed by atoms with Gasteiger partial charge >= 0.3 is 0 Å². The predicted molar refractivity (Wildman–Crippen MR) is 121 cm³/mol. The van der Waals surface area contributed by atoms with Crippen LogP contribution in [0, 0.1) is 6.92 Å². The van der Waals surface area contributed by atoms with Crippen LogP contribution in [0.3, 0.4) is 0 Å². The first-order chi connectivity index (χ1) is 12.1. The number of nitrogens with one attached hydrogen (secondary N) is 2. The van der Waals surface area contributed by atoms with Gasteiger partial charge in [0.1, 0.15) is 5.75 Å². The van der Waals surface area contributed by atoms with Crippen molar-refractivity contribution in [3.05, 3.63) is 29.3 Å². The number of ether oxygens (including phenoxy) is 1. The molecule has 1 aliphatic heterocycles. The minimum absolute atomic E-state index is 0. The Morgan fingerprint density at radius 3 is 2.81 bits per heavy atom. The Hall–Kier alpha value is -1.02. The molecule has 6 heteroatoms. The number of piperidine rings is 1. The Bertz CT molecular complexity index is 565. The summed E-state index contributed by atoms with van der Waals surface area (Å²) in [7, 11) is 3.53. The Morgan fingerprint density at radius 2 is 2.12 bits per heavy atom. The molecule has 0 amide bonds. The number of aryl methyl sites for hydroxylation is 1. The highest BCUT2D eigenvalue weighted by molar-refractivity contribution is 14.0. The van der Waals surface area contributed by atoms with E-state index >= 15 is 0 Å². The number of benzene rings is 1. The van der Waals surface area contributed by atoms with Crippen LogP contribution in [0.2, 0.25) is 0 Å². The fourth-order valence-corrected chi connectivity index (χ4v) is 3.36. The lowest BCUT2D eigenvalue weighted by molar-refractivity contribution is 0.159. The van der Waals surface area contributed by atoms with Gasteiger partial charge < -0.3 is 20.3 Å². The van der Waals surface area contributed by atoms with Crippen LogP contribution in [0.25, 0.3) is 0 Å². The van der Waals surface area contributed by atoms with Crippen LogP contribution in [0.5, 0.6) is 5.75 Å². The van der Waals surface area contributed by atoms with Crippen molar-refractivity contribution >= 4 is 29.9 Å². The fourth-order valence-electron chi connectivity index (χ4n) is 3.36. The molecule has 1 aromatic carbocycles. The minimum Gasteiger partial charge on any atom is -0.496 e.